The maximum Gasteiger partial charge on any atom is 0.0542 e. The van der Waals surface area contributed by atoms with E-state index in [9.17, 15) is 5.11 Å². The topological polar surface area (TPSA) is 20.2 Å². The average Bonchev–Trinajstić information content (AvgIpc) is 2.74. The molecule has 2 saturated carbocycles. The molecule has 0 spiro atoms. The SMILES string of the molecule is CC(C)CC(O)CCC1CC2CCC1C2. The first-order valence-electron chi connectivity index (χ1n) is 6.83. The van der Waals surface area contributed by atoms with E-state index in [1.165, 1.54) is 32.1 Å². The van der Waals surface area contributed by atoms with Crippen molar-refractivity contribution in [2.75, 3.05) is 0 Å². The molecule has 0 aromatic carbocycles. The van der Waals surface area contributed by atoms with Gasteiger partial charge in [0.1, 0.15) is 0 Å². The molecule has 0 radical (unpaired) electrons. The first-order chi connectivity index (χ1) is 7.15. The fourth-order valence-electron chi connectivity index (χ4n) is 3.80. The monoisotopic (exact) mass is 210 g/mol. The van der Waals surface area contributed by atoms with Gasteiger partial charge < -0.3 is 5.11 Å². The van der Waals surface area contributed by atoms with Crippen LogP contribution < -0.4 is 0 Å². The minimum atomic E-state index is -0.0378. The van der Waals surface area contributed by atoms with E-state index in [0.717, 1.165) is 30.6 Å². The van der Waals surface area contributed by atoms with Crippen LogP contribution in [0.25, 0.3) is 0 Å². The standard InChI is InChI=1S/C14H26O/c1-10(2)7-14(15)6-5-13-9-11-3-4-12(13)8-11/h10-15H,3-9H2,1-2H3. The zero-order valence-corrected chi connectivity index (χ0v) is 10.3. The van der Waals surface area contributed by atoms with Crippen LogP contribution in [0.4, 0.5) is 0 Å². The first kappa shape index (κ1) is 11.4. The Labute approximate surface area is 94.3 Å². The van der Waals surface area contributed by atoms with Crippen LogP contribution in [0.3, 0.4) is 0 Å². The lowest BCUT2D eigenvalue weighted by Crippen LogP contribution is -2.15. The van der Waals surface area contributed by atoms with Gasteiger partial charge in [-0.15, -0.1) is 0 Å². The van der Waals surface area contributed by atoms with Gasteiger partial charge in [-0.2, -0.15) is 0 Å². The molecule has 15 heavy (non-hydrogen) atoms. The second-order valence-electron chi connectivity index (χ2n) is 6.30. The molecular weight excluding hydrogens is 184 g/mol. The van der Waals surface area contributed by atoms with Crippen LogP contribution in [0.5, 0.6) is 0 Å². The molecule has 0 aromatic heterocycles. The van der Waals surface area contributed by atoms with Gasteiger partial charge in [-0.05, 0) is 62.2 Å². The molecule has 1 N–H and O–H groups in total. The summed E-state index contributed by atoms with van der Waals surface area (Å²) in [6.07, 6.45) is 9.24. The summed E-state index contributed by atoms with van der Waals surface area (Å²) >= 11 is 0. The quantitative estimate of drug-likeness (QED) is 0.735. The van der Waals surface area contributed by atoms with Crippen molar-refractivity contribution in [2.24, 2.45) is 23.7 Å². The van der Waals surface area contributed by atoms with Crippen molar-refractivity contribution in [3.8, 4) is 0 Å². The van der Waals surface area contributed by atoms with E-state index in [4.69, 9.17) is 0 Å². The Kier molecular flexibility index (Phi) is 3.71. The molecular formula is C14H26O. The fourth-order valence-corrected chi connectivity index (χ4v) is 3.80. The summed E-state index contributed by atoms with van der Waals surface area (Å²) in [6.45, 7) is 4.39. The van der Waals surface area contributed by atoms with Gasteiger partial charge in [0.05, 0.1) is 6.10 Å². The Morgan fingerprint density at radius 1 is 1.20 bits per heavy atom. The van der Waals surface area contributed by atoms with Crippen LogP contribution in [0.2, 0.25) is 0 Å². The van der Waals surface area contributed by atoms with Gasteiger partial charge in [0.2, 0.25) is 0 Å². The molecule has 2 rings (SSSR count). The maximum absolute atomic E-state index is 9.85. The summed E-state index contributed by atoms with van der Waals surface area (Å²) in [5, 5.41) is 9.85. The number of hydrogen-bond donors (Lipinski definition) is 1. The van der Waals surface area contributed by atoms with Gasteiger partial charge in [0.25, 0.3) is 0 Å². The van der Waals surface area contributed by atoms with Gasteiger partial charge in [-0.1, -0.05) is 20.3 Å². The molecule has 0 aliphatic heterocycles. The van der Waals surface area contributed by atoms with Gasteiger partial charge in [0, 0.05) is 0 Å². The van der Waals surface area contributed by atoms with Crippen LogP contribution in [-0.2, 0) is 0 Å². The molecule has 2 aliphatic carbocycles. The molecule has 2 aliphatic rings. The molecule has 2 bridgehead atoms. The first-order valence-corrected chi connectivity index (χ1v) is 6.83. The highest BCUT2D eigenvalue weighted by atomic mass is 16.3. The number of rotatable bonds is 5. The van der Waals surface area contributed by atoms with Crippen LogP contribution in [0, 0.1) is 23.7 Å². The Morgan fingerprint density at radius 2 is 2.00 bits per heavy atom. The summed E-state index contributed by atoms with van der Waals surface area (Å²) in [4.78, 5) is 0. The smallest absolute Gasteiger partial charge is 0.0542 e. The van der Waals surface area contributed by atoms with Crippen molar-refractivity contribution in [1.82, 2.24) is 0 Å². The Balaban J connectivity index is 1.66. The van der Waals surface area contributed by atoms with Gasteiger partial charge in [-0.25, -0.2) is 0 Å². The largest absolute Gasteiger partial charge is 0.393 e. The van der Waals surface area contributed by atoms with Gasteiger partial charge in [-0.3, -0.25) is 0 Å². The van der Waals surface area contributed by atoms with Gasteiger partial charge in [0.15, 0.2) is 0 Å². The normalized spacial score (nSPS) is 36.4. The summed E-state index contributed by atoms with van der Waals surface area (Å²) in [7, 11) is 0. The van der Waals surface area contributed by atoms with Gasteiger partial charge >= 0.3 is 0 Å². The highest BCUT2D eigenvalue weighted by Crippen LogP contribution is 2.50. The van der Waals surface area contributed by atoms with Crippen molar-refractivity contribution in [3.63, 3.8) is 0 Å². The third-order valence-corrected chi connectivity index (χ3v) is 4.50. The second-order valence-corrected chi connectivity index (χ2v) is 6.30. The van der Waals surface area contributed by atoms with Crippen molar-refractivity contribution in [1.29, 1.82) is 0 Å². The summed E-state index contributed by atoms with van der Waals surface area (Å²) in [6, 6.07) is 0. The van der Waals surface area contributed by atoms with Crippen molar-refractivity contribution < 1.29 is 5.11 Å². The zero-order chi connectivity index (χ0) is 10.8. The Morgan fingerprint density at radius 3 is 2.53 bits per heavy atom. The van der Waals surface area contributed by atoms with Crippen molar-refractivity contribution in [2.45, 2.75) is 64.9 Å². The van der Waals surface area contributed by atoms with E-state index < -0.39 is 0 Å². The molecule has 4 atom stereocenters. The fraction of sp³-hybridized carbons (Fsp3) is 1.00. The Hall–Kier alpha value is -0.0400. The number of aliphatic hydroxyl groups excluding tert-OH is 1. The number of aliphatic hydroxyl groups is 1. The maximum atomic E-state index is 9.85. The highest BCUT2D eigenvalue weighted by Gasteiger charge is 2.38. The third-order valence-electron chi connectivity index (χ3n) is 4.50. The summed E-state index contributed by atoms with van der Waals surface area (Å²) in [5.41, 5.74) is 0. The third kappa shape index (κ3) is 2.96. The molecule has 4 unspecified atom stereocenters. The van der Waals surface area contributed by atoms with E-state index in [1.54, 1.807) is 0 Å². The predicted octanol–water partition coefficient (Wildman–Crippen LogP) is 3.61. The molecule has 2 fully saturated rings. The molecule has 0 saturated heterocycles. The minimum Gasteiger partial charge on any atom is -0.393 e. The molecule has 0 amide bonds. The zero-order valence-electron chi connectivity index (χ0n) is 10.3. The lowest BCUT2D eigenvalue weighted by Gasteiger charge is -2.23. The average molecular weight is 210 g/mol. The second kappa shape index (κ2) is 4.86. The predicted molar refractivity (Wildman–Crippen MR) is 63.6 cm³/mol. The molecule has 0 heterocycles. The van der Waals surface area contributed by atoms with Crippen molar-refractivity contribution >= 4 is 0 Å². The van der Waals surface area contributed by atoms with Crippen LogP contribution >= 0.6 is 0 Å². The van der Waals surface area contributed by atoms with E-state index in [0.29, 0.717) is 5.92 Å². The van der Waals surface area contributed by atoms with Crippen LogP contribution in [-0.4, -0.2) is 11.2 Å². The molecule has 0 aromatic rings. The van der Waals surface area contributed by atoms with E-state index >= 15 is 0 Å². The highest BCUT2D eigenvalue weighted by molar-refractivity contribution is 4.90. The van der Waals surface area contributed by atoms with E-state index in [-0.39, 0.29) is 6.10 Å². The van der Waals surface area contributed by atoms with E-state index in [1.807, 2.05) is 0 Å². The lowest BCUT2D eigenvalue weighted by atomic mass is 9.84. The molecule has 1 nitrogen and oxygen atoms in total. The Bertz CT molecular complexity index is 200. The van der Waals surface area contributed by atoms with Crippen LogP contribution in [0.15, 0.2) is 0 Å². The lowest BCUT2D eigenvalue weighted by molar-refractivity contribution is 0.125. The molecule has 1 heteroatoms. The summed E-state index contributed by atoms with van der Waals surface area (Å²) in [5.74, 6) is 3.69. The minimum absolute atomic E-state index is 0.0378. The molecule has 88 valence electrons. The summed E-state index contributed by atoms with van der Waals surface area (Å²) < 4.78 is 0. The number of hydrogen-bond acceptors (Lipinski definition) is 1. The van der Waals surface area contributed by atoms with Crippen LogP contribution in [0.1, 0.15) is 58.8 Å². The van der Waals surface area contributed by atoms with E-state index in [2.05, 4.69) is 13.8 Å². The van der Waals surface area contributed by atoms with Crippen molar-refractivity contribution in [3.05, 3.63) is 0 Å². The number of fused-ring (bicyclic) bond motifs is 2.